The van der Waals surface area contributed by atoms with Gasteiger partial charge in [0.15, 0.2) is 0 Å². The number of amides is 2. The first-order valence-corrected chi connectivity index (χ1v) is 12.7. The zero-order valence-electron chi connectivity index (χ0n) is 19.2. The Balaban J connectivity index is 1.18. The zero-order chi connectivity index (χ0) is 24.6. The molecule has 3 fully saturated rings. The van der Waals surface area contributed by atoms with Crippen molar-refractivity contribution >= 4 is 39.1 Å². The molecule has 12 heteroatoms. The summed E-state index contributed by atoms with van der Waals surface area (Å²) >= 11 is 1.39. The van der Waals surface area contributed by atoms with Crippen LogP contribution in [0.15, 0.2) is 24.3 Å². The molecule has 2 amide bonds. The van der Waals surface area contributed by atoms with E-state index in [2.05, 4.69) is 15.1 Å². The second-order valence-electron chi connectivity index (χ2n) is 9.16. The molecule has 1 aromatic carbocycles. The number of piperidine rings is 1. The third-order valence-electron chi connectivity index (χ3n) is 6.88. The standard InChI is InChI=1S/C23H27F3N6O2S/c24-23(25,26)17-5-1-6-18(14-17)29-10-12-30(13-11-29)20(34)16-4-2-8-31(15-16)21-27-28-22(35-21)32-9-3-7-19(32)33/h1,5-6,14,16H,2-4,7-13,15H2/t16-/m0/s1. The smallest absolute Gasteiger partial charge is 0.368 e. The van der Waals surface area contributed by atoms with E-state index in [4.69, 9.17) is 0 Å². The number of benzene rings is 1. The number of hydrogen-bond acceptors (Lipinski definition) is 7. The van der Waals surface area contributed by atoms with Crippen molar-refractivity contribution in [1.82, 2.24) is 15.1 Å². The Morgan fingerprint density at radius 3 is 2.46 bits per heavy atom. The van der Waals surface area contributed by atoms with Gasteiger partial charge in [0, 0.05) is 57.9 Å². The molecule has 188 valence electrons. The van der Waals surface area contributed by atoms with Crippen LogP contribution < -0.4 is 14.7 Å². The van der Waals surface area contributed by atoms with Gasteiger partial charge in [0.1, 0.15) is 0 Å². The molecule has 3 aliphatic heterocycles. The summed E-state index contributed by atoms with van der Waals surface area (Å²) in [5, 5.41) is 9.83. The lowest BCUT2D eigenvalue weighted by molar-refractivity contribution is -0.137. The number of anilines is 3. The van der Waals surface area contributed by atoms with Crippen molar-refractivity contribution in [2.24, 2.45) is 5.92 Å². The van der Waals surface area contributed by atoms with Gasteiger partial charge in [-0.2, -0.15) is 13.2 Å². The lowest BCUT2D eigenvalue weighted by Crippen LogP contribution is -2.52. The van der Waals surface area contributed by atoms with Crippen molar-refractivity contribution in [3.63, 3.8) is 0 Å². The maximum Gasteiger partial charge on any atom is 0.416 e. The van der Waals surface area contributed by atoms with Crippen molar-refractivity contribution in [2.45, 2.75) is 31.9 Å². The summed E-state index contributed by atoms with van der Waals surface area (Å²) in [6.45, 7) is 3.95. The molecule has 1 atom stereocenters. The topological polar surface area (TPSA) is 72.9 Å². The summed E-state index contributed by atoms with van der Waals surface area (Å²) < 4.78 is 39.2. The van der Waals surface area contributed by atoms with Crippen LogP contribution in [0.2, 0.25) is 0 Å². The molecule has 0 N–H and O–H groups in total. The Hall–Kier alpha value is -2.89. The molecule has 0 saturated carbocycles. The molecule has 2 aromatic rings. The maximum absolute atomic E-state index is 13.3. The second kappa shape index (κ2) is 9.63. The summed E-state index contributed by atoms with van der Waals surface area (Å²) in [6, 6.07) is 5.34. The van der Waals surface area contributed by atoms with Crippen LogP contribution in [0.25, 0.3) is 0 Å². The monoisotopic (exact) mass is 508 g/mol. The van der Waals surface area contributed by atoms with Crippen LogP contribution in [0.1, 0.15) is 31.2 Å². The van der Waals surface area contributed by atoms with Gasteiger partial charge >= 0.3 is 6.18 Å². The molecular weight excluding hydrogens is 481 g/mol. The van der Waals surface area contributed by atoms with Gasteiger partial charge < -0.3 is 14.7 Å². The molecule has 0 bridgehead atoms. The highest BCUT2D eigenvalue weighted by Crippen LogP contribution is 2.34. The van der Waals surface area contributed by atoms with E-state index in [-0.39, 0.29) is 17.7 Å². The average Bonchev–Trinajstić information content (AvgIpc) is 3.52. The largest absolute Gasteiger partial charge is 0.416 e. The first-order valence-electron chi connectivity index (χ1n) is 11.9. The quantitative estimate of drug-likeness (QED) is 0.632. The third-order valence-corrected chi connectivity index (χ3v) is 7.89. The molecular formula is C23H27F3N6O2S. The third kappa shape index (κ3) is 5.07. The molecule has 5 rings (SSSR count). The first kappa shape index (κ1) is 23.8. The van der Waals surface area contributed by atoms with Gasteiger partial charge in [0.05, 0.1) is 11.5 Å². The Bertz CT molecular complexity index is 1090. The van der Waals surface area contributed by atoms with Gasteiger partial charge in [-0.1, -0.05) is 17.4 Å². The van der Waals surface area contributed by atoms with Crippen LogP contribution in [-0.2, 0) is 15.8 Å². The number of rotatable bonds is 4. The highest BCUT2D eigenvalue weighted by atomic mass is 32.1. The number of aromatic nitrogens is 2. The Kier molecular flexibility index (Phi) is 6.56. The number of piperazine rings is 1. The zero-order valence-corrected chi connectivity index (χ0v) is 20.0. The summed E-state index contributed by atoms with van der Waals surface area (Å²) in [4.78, 5) is 32.7. The Morgan fingerprint density at radius 2 is 1.74 bits per heavy atom. The van der Waals surface area contributed by atoms with E-state index in [1.165, 1.54) is 23.5 Å². The van der Waals surface area contributed by atoms with E-state index < -0.39 is 11.7 Å². The van der Waals surface area contributed by atoms with E-state index in [0.717, 1.165) is 37.0 Å². The average molecular weight is 509 g/mol. The van der Waals surface area contributed by atoms with Gasteiger partial charge in [0.2, 0.25) is 22.1 Å². The SMILES string of the molecule is O=C([C@H]1CCCN(c2nnc(N3CCCC3=O)s2)C1)N1CCN(c2cccc(C(F)(F)F)c2)CC1. The number of carbonyl (C=O) groups excluding carboxylic acids is 2. The predicted molar refractivity (Wildman–Crippen MR) is 127 cm³/mol. The van der Waals surface area contributed by atoms with E-state index in [1.54, 1.807) is 11.0 Å². The minimum Gasteiger partial charge on any atom is -0.368 e. The molecule has 35 heavy (non-hydrogen) atoms. The minimum atomic E-state index is -4.38. The molecule has 0 spiro atoms. The lowest BCUT2D eigenvalue weighted by atomic mass is 9.96. The molecule has 8 nitrogen and oxygen atoms in total. The summed E-state index contributed by atoms with van der Waals surface area (Å²) in [5.74, 6) is -0.00819. The number of carbonyl (C=O) groups is 2. The van der Waals surface area contributed by atoms with Gasteiger partial charge in [-0.25, -0.2) is 0 Å². The van der Waals surface area contributed by atoms with Crippen LogP contribution >= 0.6 is 11.3 Å². The summed E-state index contributed by atoms with van der Waals surface area (Å²) in [7, 11) is 0. The summed E-state index contributed by atoms with van der Waals surface area (Å²) in [5.41, 5.74) is -0.135. The van der Waals surface area contributed by atoms with Crippen LogP contribution in [0.5, 0.6) is 0 Å². The minimum absolute atomic E-state index is 0.0728. The normalized spacial score (nSPS) is 21.7. The molecule has 3 aliphatic rings. The van der Waals surface area contributed by atoms with E-state index in [9.17, 15) is 22.8 Å². The maximum atomic E-state index is 13.3. The number of hydrogen-bond donors (Lipinski definition) is 0. The van der Waals surface area contributed by atoms with Crippen molar-refractivity contribution in [3.8, 4) is 0 Å². The first-order chi connectivity index (χ1) is 16.8. The van der Waals surface area contributed by atoms with Crippen LogP contribution in [0, 0.1) is 5.92 Å². The van der Waals surface area contributed by atoms with E-state index in [1.807, 2.05) is 9.80 Å². The van der Waals surface area contributed by atoms with Crippen molar-refractivity contribution in [2.75, 3.05) is 60.5 Å². The Morgan fingerprint density at radius 1 is 0.971 bits per heavy atom. The number of halogens is 3. The fraction of sp³-hybridized carbons (Fsp3) is 0.565. The Labute approximate surface area is 205 Å². The van der Waals surface area contributed by atoms with Crippen LogP contribution in [0.4, 0.5) is 29.1 Å². The molecule has 0 radical (unpaired) electrons. The molecule has 1 aromatic heterocycles. The second-order valence-corrected chi connectivity index (χ2v) is 10.1. The summed E-state index contributed by atoms with van der Waals surface area (Å²) in [6.07, 6.45) is -1.36. The molecule has 4 heterocycles. The predicted octanol–water partition coefficient (Wildman–Crippen LogP) is 3.25. The highest BCUT2D eigenvalue weighted by molar-refractivity contribution is 7.19. The van der Waals surface area contributed by atoms with Gasteiger partial charge in [-0.15, -0.1) is 10.2 Å². The van der Waals surface area contributed by atoms with Crippen molar-refractivity contribution in [1.29, 1.82) is 0 Å². The fourth-order valence-corrected chi connectivity index (χ4v) is 5.89. The van der Waals surface area contributed by atoms with Gasteiger partial charge in [-0.05, 0) is 37.5 Å². The van der Waals surface area contributed by atoms with Crippen LogP contribution in [-0.4, -0.2) is 72.7 Å². The number of alkyl halides is 3. The molecule has 3 saturated heterocycles. The van der Waals surface area contributed by atoms with Gasteiger partial charge in [0.25, 0.3) is 0 Å². The molecule has 0 aliphatic carbocycles. The van der Waals surface area contributed by atoms with Crippen molar-refractivity contribution < 1.29 is 22.8 Å². The number of nitrogens with zero attached hydrogens (tertiary/aromatic N) is 6. The molecule has 0 unspecified atom stereocenters. The fourth-order valence-electron chi connectivity index (χ4n) is 4.97. The van der Waals surface area contributed by atoms with Crippen LogP contribution in [0.3, 0.4) is 0 Å². The van der Waals surface area contributed by atoms with Crippen molar-refractivity contribution in [3.05, 3.63) is 29.8 Å². The van der Waals surface area contributed by atoms with E-state index >= 15 is 0 Å². The van der Waals surface area contributed by atoms with E-state index in [0.29, 0.717) is 56.5 Å². The van der Waals surface area contributed by atoms with Gasteiger partial charge in [-0.3, -0.25) is 14.5 Å². The lowest BCUT2D eigenvalue weighted by Gasteiger charge is -2.39. The highest BCUT2D eigenvalue weighted by Gasteiger charge is 2.34.